The number of para-hydroxylation sites is 1. The van der Waals surface area contributed by atoms with Crippen LogP contribution in [0, 0.1) is 0 Å². The lowest BCUT2D eigenvalue weighted by atomic mass is 10.3. The molecule has 1 aromatic carbocycles. The number of hydrogen-bond acceptors (Lipinski definition) is 3. The van der Waals surface area contributed by atoms with Crippen molar-refractivity contribution in [1.29, 1.82) is 0 Å². The first-order chi connectivity index (χ1) is 9.20. The van der Waals surface area contributed by atoms with E-state index in [0.29, 0.717) is 0 Å². The molecule has 0 fully saturated rings. The van der Waals surface area contributed by atoms with Crippen molar-refractivity contribution in [2.45, 2.75) is 19.8 Å². The van der Waals surface area contributed by atoms with E-state index in [1.165, 1.54) is 0 Å². The van der Waals surface area contributed by atoms with E-state index in [1.54, 1.807) is 28.4 Å². The second kappa shape index (κ2) is 6.48. The molecule has 4 heteroatoms. The fourth-order valence-electron chi connectivity index (χ4n) is 1.74. The minimum absolute atomic E-state index is 0.0349. The highest BCUT2D eigenvalue weighted by Crippen LogP contribution is 2.22. The number of unbranched alkanes of at least 4 members (excludes halogenated alkanes) is 1. The molecule has 0 bridgehead atoms. The monoisotopic (exact) mass is 274 g/mol. The summed E-state index contributed by atoms with van der Waals surface area (Å²) in [7, 11) is 1.83. The predicted octanol–water partition coefficient (Wildman–Crippen LogP) is 3.57. The van der Waals surface area contributed by atoms with Crippen molar-refractivity contribution in [1.82, 2.24) is 9.88 Å². The predicted molar refractivity (Wildman–Crippen MR) is 81.2 cm³/mol. The standard InChI is InChI=1S/C15H18N2OS/c1-3-4-11-17(2)15(18)10-9-14-16-12-7-5-6-8-13(12)19-14/h5-10H,3-4,11H2,1-2H3/b10-9+. The number of carbonyl (C=O) groups is 1. The zero-order valence-electron chi connectivity index (χ0n) is 11.3. The Labute approximate surface area is 117 Å². The third kappa shape index (κ3) is 3.64. The van der Waals surface area contributed by atoms with Gasteiger partial charge >= 0.3 is 0 Å². The van der Waals surface area contributed by atoms with Crippen LogP contribution in [0.1, 0.15) is 24.8 Å². The Bertz CT molecular complexity index is 556. The fourth-order valence-corrected chi connectivity index (χ4v) is 2.61. The number of likely N-dealkylation sites (N-methyl/N-ethyl adjacent to an activating group) is 1. The molecule has 1 heterocycles. The molecule has 0 aliphatic rings. The fraction of sp³-hybridized carbons (Fsp3) is 0.333. The molecule has 1 aromatic heterocycles. The quantitative estimate of drug-likeness (QED) is 0.781. The smallest absolute Gasteiger partial charge is 0.246 e. The second-order valence-electron chi connectivity index (χ2n) is 4.47. The van der Waals surface area contributed by atoms with Crippen LogP contribution in [0.15, 0.2) is 30.3 Å². The van der Waals surface area contributed by atoms with Gasteiger partial charge in [-0.3, -0.25) is 4.79 Å². The SMILES string of the molecule is CCCCN(C)C(=O)/C=C/c1nc2ccccc2s1. The zero-order valence-corrected chi connectivity index (χ0v) is 12.1. The van der Waals surface area contributed by atoms with Crippen molar-refractivity contribution in [3.05, 3.63) is 35.3 Å². The van der Waals surface area contributed by atoms with Crippen LogP contribution in [-0.2, 0) is 4.79 Å². The van der Waals surface area contributed by atoms with Crippen LogP contribution in [0.4, 0.5) is 0 Å². The molecule has 0 aliphatic carbocycles. The zero-order chi connectivity index (χ0) is 13.7. The Balaban J connectivity index is 2.03. The van der Waals surface area contributed by atoms with Crippen LogP contribution in [0.25, 0.3) is 16.3 Å². The van der Waals surface area contributed by atoms with Crippen LogP contribution in [0.3, 0.4) is 0 Å². The summed E-state index contributed by atoms with van der Waals surface area (Å²) >= 11 is 1.60. The van der Waals surface area contributed by atoms with Crippen molar-refractivity contribution in [2.24, 2.45) is 0 Å². The molecule has 0 atom stereocenters. The first kappa shape index (κ1) is 13.7. The molecule has 0 aliphatic heterocycles. The van der Waals surface area contributed by atoms with Gasteiger partial charge in [0.1, 0.15) is 5.01 Å². The lowest BCUT2D eigenvalue weighted by Crippen LogP contribution is -2.25. The minimum atomic E-state index is 0.0349. The lowest BCUT2D eigenvalue weighted by Gasteiger charge is -2.13. The molecule has 0 radical (unpaired) electrons. The van der Waals surface area contributed by atoms with Crippen molar-refractivity contribution in [2.75, 3.05) is 13.6 Å². The Morgan fingerprint density at radius 3 is 2.95 bits per heavy atom. The lowest BCUT2D eigenvalue weighted by molar-refractivity contribution is -0.124. The highest BCUT2D eigenvalue weighted by atomic mass is 32.1. The van der Waals surface area contributed by atoms with E-state index < -0.39 is 0 Å². The molecular weight excluding hydrogens is 256 g/mol. The van der Waals surface area contributed by atoms with Crippen molar-refractivity contribution in [3.8, 4) is 0 Å². The van der Waals surface area contributed by atoms with E-state index in [4.69, 9.17) is 0 Å². The van der Waals surface area contributed by atoms with E-state index in [2.05, 4.69) is 11.9 Å². The van der Waals surface area contributed by atoms with Crippen molar-refractivity contribution < 1.29 is 4.79 Å². The van der Waals surface area contributed by atoms with Gasteiger partial charge in [-0.2, -0.15) is 0 Å². The number of amides is 1. The van der Waals surface area contributed by atoms with Gasteiger partial charge in [0, 0.05) is 19.7 Å². The maximum absolute atomic E-state index is 11.9. The first-order valence-electron chi connectivity index (χ1n) is 6.49. The first-order valence-corrected chi connectivity index (χ1v) is 7.31. The summed E-state index contributed by atoms with van der Waals surface area (Å²) in [6, 6.07) is 7.99. The number of thiazole rings is 1. The van der Waals surface area contributed by atoms with Crippen LogP contribution in [0.5, 0.6) is 0 Å². The number of aromatic nitrogens is 1. The van der Waals surface area contributed by atoms with Crippen molar-refractivity contribution >= 4 is 33.5 Å². The number of carbonyl (C=O) groups excluding carboxylic acids is 1. The summed E-state index contributed by atoms with van der Waals surface area (Å²) < 4.78 is 1.15. The number of benzene rings is 1. The Morgan fingerprint density at radius 2 is 2.21 bits per heavy atom. The largest absolute Gasteiger partial charge is 0.342 e. The van der Waals surface area contributed by atoms with Gasteiger partial charge in [-0.05, 0) is 24.6 Å². The van der Waals surface area contributed by atoms with Crippen LogP contribution >= 0.6 is 11.3 Å². The van der Waals surface area contributed by atoms with E-state index in [-0.39, 0.29) is 5.91 Å². The Morgan fingerprint density at radius 1 is 1.42 bits per heavy atom. The van der Waals surface area contributed by atoms with Crippen LogP contribution in [0.2, 0.25) is 0 Å². The Kier molecular flexibility index (Phi) is 4.68. The molecule has 0 unspecified atom stereocenters. The number of hydrogen-bond donors (Lipinski definition) is 0. The van der Waals surface area contributed by atoms with Gasteiger partial charge in [-0.15, -0.1) is 11.3 Å². The molecule has 2 aromatic rings. The van der Waals surface area contributed by atoms with Gasteiger partial charge in [0.15, 0.2) is 0 Å². The third-order valence-electron chi connectivity index (χ3n) is 2.90. The molecule has 19 heavy (non-hydrogen) atoms. The minimum Gasteiger partial charge on any atom is -0.342 e. The molecule has 2 rings (SSSR count). The number of rotatable bonds is 5. The summed E-state index contributed by atoms with van der Waals surface area (Å²) in [5, 5.41) is 0.874. The van der Waals surface area contributed by atoms with Crippen molar-refractivity contribution in [3.63, 3.8) is 0 Å². The number of fused-ring (bicyclic) bond motifs is 1. The van der Waals surface area contributed by atoms with E-state index >= 15 is 0 Å². The normalized spacial score (nSPS) is 11.3. The van der Waals surface area contributed by atoms with Gasteiger partial charge in [-0.25, -0.2) is 4.98 Å². The average molecular weight is 274 g/mol. The van der Waals surface area contributed by atoms with E-state index in [1.807, 2.05) is 31.3 Å². The van der Waals surface area contributed by atoms with Gasteiger partial charge < -0.3 is 4.90 Å². The average Bonchev–Trinajstić information content (AvgIpc) is 2.84. The summed E-state index contributed by atoms with van der Waals surface area (Å²) in [6.45, 7) is 2.93. The summed E-state index contributed by atoms with van der Waals surface area (Å²) in [5.74, 6) is 0.0349. The highest BCUT2D eigenvalue weighted by molar-refractivity contribution is 7.19. The van der Waals surface area contributed by atoms with E-state index in [9.17, 15) is 4.79 Å². The summed E-state index contributed by atoms with van der Waals surface area (Å²) in [4.78, 5) is 18.1. The molecule has 0 spiro atoms. The van der Waals surface area contributed by atoms with E-state index in [0.717, 1.165) is 34.6 Å². The highest BCUT2D eigenvalue weighted by Gasteiger charge is 2.04. The summed E-state index contributed by atoms with van der Waals surface area (Å²) in [5.41, 5.74) is 0.985. The van der Waals surface area contributed by atoms with Gasteiger partial charge in [0.05, 0.1) is 10.2 Å². The molecule has 0 saturated carbocycles. The van der Waals surface area contributed by atoms with Crippen LogP contribution in [-0.4, -0.2) is 29.4 Å². The molecule has 3 nitrogen and oxygen atoms in total. The Hall–Kier alpha value is -1.68. The topological polar surface area (TPSA) is 33.2 Å². The second-order valence-corrected chi connectivity index (χ2v) is 5.53. The maximum Gasteiger partial charge on any atom is 0.246 e. The molecular formula is C15H18N2OS. The molecule has 1 amide bonds. The van der Waals surface area contributed by atoms with Gasteiger partial charge in [0.2, 0.25) is 5.91 Å². The molecule has 100 valence electrons. The summed E-state index contributed by atoms with van der Waals surface area (Å²) in [6.07, 6.45) is 5.54. The maximum atomic E-state index is 11.9. The number of nitrogens with zero attached hydrogens (tertiary/aromatic N) is 2. The van der Waals surface area contributed by atoms with Crippen LogP contribution < -0.4 is 0 Å². The third-order valence-corrected chi connectivity index (χ3v) is 3.90. The van der Waals surface area contributed by atoms with Gasteiger partial charge in [0.25, 0.3) is 0 Å². The molecule has 0 N–H and O–H groups in total. The van der Waals surface area contributed by atoms with Gasteiger partial charge in [-0.1, -0.05) is 25.5 Å². The molecule has 0 saturated heterocycles.